The Hall–Kier alpha value is -2.22. The first kappa shape index (κ1) is 18.5. The molecular formula is C26H12Cl4. The van der Waals surface area contributed by atoms with Crippen LogP contribution < -0.4 is 0 Å². The Bertz CT molecular complexity index is 1210. The molecule has 2 aliphatic rings. The molecule has 0 unspecified atom stereocenters. The largest absolute Gasteiger partial charge is 0.0843 e. The number of benzene rings is 4. The fraction of sp³-hybridized carbons (Fsp3) is 0. The summed E-state index contributed by atoms with van der Waals surface area (Å²) < 4.78 is 0. The van der Waals surface area contributed by atoms with Gasteiger partial charge >= 0.3 is 0 Å². The molecule has 144 valence electrons. The lowest BCUT2D eigenvalue weighted by Gasteiger charge is -2.12. The van der Waals surface area contributed by atoms with Crippen LogP contribution in [0.5, 0.6) is 0 Å². The van der Waals surface area contributed by atoms with Gasteiger partial charge in [-0.1, -0.05) is 70.7 Å². The Balaban J connectivity index is 1.82. The highest BCUT2D eigenvalue weighted by Crippen LogP contribution is 2.55. The fourth-order valence-electron chi connectivity index (χ4n) is 4.66. The molecular weight excluding hydrogens is 454 g/mol. The van der Waals surface area contributed by atoms with E-state index in [2.05, 4.69) is 24.3 Å². The first-order valence-electron chi connectivity index (χ1n) is 9.46. The van der Waals surface area contributed by atoms with Crippen molar-refractivity contribution in [2.45, 2.75) is 0 Å². The van der Waals surface area contributed by atoms with Gasteiger partial charge in [0.15, 0.2) is 0 Å². The van der Waals surface area contributed by atoms with Gasteiger partial charge in [-0.25, -0.2) is 0 Å². The van der Waals surface area contributed by atoms with Gasteiger partial charge in [0.1, 0.15) is 0 Å². The second-order valence-electron chi connectivity index (χ2n) is 7.51. The number of hydrogen-bond donors (Lipinski definition) is 0. The Morgan fingerprint density at radius 1 is 0.300 bits per heavy atom. The van der Waals surface area contributed by atoms with Crippen molar-refractivity contribution in [1.82, 2.24) is 0 Å². The Kier molecular flexibility index (Phi) is 4.10. The first-order chi connectivity index (χ1) is 14.5. The van der Waals surface area contributed by atoms with E-state index >= 15 is 0 Å². The van der Waals surface area contributed by atoms with Crippen molar-refractivity contribution >= 4 is 57.5 Å². The molecule has 4 aromatic rings. The van der Waals surface area contributed by atoms with Gasteiger partial charge in [0.05, 0.1) is 0 Å². The highest BCUT2D eigenvalue weighted by molar-refractivity contribution is 6.34. The van der Waals surface area contributed by atoms with Crippen molar-refractivity contribution < 1.29 is 0 Å². The van der Waals surface area contributed by atoms with Crippen molar-refractivity contribution in [2.24, 2.45) is 0 Å². The molecule has 2 aliphatic carbocycles. The van der Waals surface area contributed by atoms with Crippen molar-refractivity contribution in [3.63, 3.8) is 0 Å². The molecule has 0 N–H and O–H groups in total. The smallest absolute Gasteiger partial charge is 0.0412 e. The summed E-state index contributed by atoms with van der Waals surface area (Å²) in [6.45, 7) is 0. The third-order valence-electron chi connectivity index (χ3n) is 5.83. The molecule has 0 saturated heterocycles. The maximum absolute atomic E-state index is 6.43. The molecule has 0 nitrogen and oxygen atoms in total. The van der Waals surface area contributed by atoms with E-state index in [0.717, 1.165) is 55.7 Å². The third-order valence-corrected chi connectivity index (χ3v) is 6.77. The van der Waals surface area contributed by atoms with Gasteiger partial charge in [0, 0.05) is 20.1 Å². The molecule has 0 fully saturated rings. The second kappa shape index (κ2) is 6.64. The highest BCUT2D eigenvalue weighted by Gasteiger charge is 2.33. The van der Waals surface area contributed by atoms with Crippen LogP contribution in [0.15, 0.2) is 72.8 Å². The zero-order valence-corrected chi connectivity index (χ0v) is 18.5. The van der Waals surface area contributed by atoms with Crippen molar-refractivity contribution in [3.05, 3.63) is 115 Å². The van der Waals surface area contributed by atoms with Gasteiger partial charge in [0.25, 0.3) is 0 Å². The average Bonchev–Trinajstić information content (AvgIpc) is 3.18. The number of halogens is 4. The van der Waals surface area contributed by atoms with Gasteiger partial charge < -0.3 is 0 Å². The predicted molar refractivity (Wildman–Crippen MR) is 129 cm³/mol. The third kappa shape index (κ3) is 2.62. The van der Waals surface area contributed by atoms with E-state index in [1.165, 1.54) is 0 Å². The average molecular weight is 466 g/mol. The van der Waals surface area contributed by atoms with Crippen LogP contribution in [0.25, 0.3) is 33.4 Å². The first-order valence-corrected chi connectivity index (χ1v) is 11.0. The maximum atomic E-state index is 6.43. The van der Waals surface area contributed by atoms with Gasteiger partial charge in [0.2, 0.25) is 0 Å². The van der Waals surface area contributed by atoms with Crippen LogP contribution in [0, 0.1) is 0 Å². The molecule has 0 spiro atoms. The molecule has 0 heterocycles. The monoisotopic (exact) mass is 464 g/mol. The lowest BCUT2D eigenvalue weighted by Crippen LogP contribution is -1.91. The lowest BCUT2D eigenvalue weighted by atomic mass is 9.91. The van der Waals surface area contributed by atoms with Gasteiger partial charge in [-0.05, 0) is 104 Å². The van der Waals surface area contributed by atoms with Crippen molar-refractivity contribution in [2.75, 3.05) is 0 Å². The molecule has 4 aromatic carbocycles. The summed E-state index contributed by atoms with van der Waals surface area (Å²) in [4.78, 5) is 0. The maximum Gasteiger partial charge on any atom is 0.0412 e. The van der Waals surface area contributed by atoms with Gasteiger partial charge in [-0.2, -0.15) is 0 Å². The summed E-state index contributed by atoms with van der Waals surface area (Å²) in [5.41, 5.74) is 11.2. The standard InChI is InChI=1S/C26H12Cl4/c27-13-1-5-17-18-6-2-14(28)10-22(18)25(21(17)9-13)26-23-11-15(29)3-7-19(23)20-8-4-16(30)12-24(20)26/h1-12H. The Morgan fingerprint density at radius 3 is 0.767 bits per heavy atom. The summed E-state index contributed by atoms with van der Waals surface area (Å²) in [6.07, 6.45) is 0. The summed E-state index contributed by atoms with van der Waals surface area (Å²) in [6, 6.07) is 24.1. The van der Waals surface area contributed by atoms with Crippen molar-refractivity contribution in [1.29, 1.82) is 0 Å². The molecule has 0 atom stereocenters. The molecule has 0 saturated carbocycles. The van der Waals surface area contributed by atoms with Gasteiger partial charge in [-0.15, -0.1) is 0 Å². The summed E-state index contributed by atoms with van der Waals surface area (Å²) in [7, 11) is 0. The quantitative estimate of drug-likeness (QED) is 0.209. The summed E-state index contributed by atoms with van der Waals surface area (Å²) >= 11 is 25.7. The van der Waals surface area contributed by atoms with E-state index in [1.54, 1.807) is 0 Å². The Labute approximate surface area is 194 Å². The van der Waals surface area contributed by atoms with E-state index < -0.39 is 0 Å². The molecule has 0 aliphatic heterocycles. The summed E-state index contributed by atoms with van der Waals surface area (Å²) in [5, 5.41) is 2.78. The molecule has 0 amide bonds. The van der Waals surface area contributed by atoms with E-state index in [9.17, 15) is 0 Å². The molecule has 0 aromatic heterocycles. The SMILES string of the molecule is Clc1ccc2c(c1)C(=C1c3cc(Cl)ccc3-c3ccc(Cl)cc31)c1cc(Cl)ccc1-2. The van der Waals surface area contributed by atoms with E-state index in [-0.39, 0.29) is 0 Å². The highest BCUT2D eigenvalue weighted by atomic mass is 35.5. The zero-order valence-electron chi connectivity index (χ0n) is 15.4. The molecule has 6 rings (SSSR count). The minimum Gasteiger partial charge on any atom is -0.0843 e. The topological polar surface area (TPSA) is 0 Å². The lowest BCUT2D eigenvalue weighted by molar-refractivity contribution is 1.62. The molecule has 0 radical (unpaired) electrons. The minimum absolute atomic E-state index is 0.696. The van der Waals surface area contributed by atoms with Crippen LogP contribution >= 0.6 is 46.4 Å². The van der Waals surface area contributed by atoms with E-state index in [0.29, 0.717) is 20.1 Å². The fourth-order valence-corrected chi connectivity index (χ4v) is 5.35. The van der Waals surface area contributed by atoms with Crippen LogP contribution in [0.2, 0.25) is 20.1 Å². The minimum atomic E-state index is 0.696. The molecule has 4 heteroatoms. The van der Waals surface area contributed by atoms with Crippen LogP contribution in [-0.2, 0) is 0 Å². The predicted octanol–water partition coefficient (Wildman–Crippen LogP) is 9.27. The zero-order chi connectivity index (χ0) is 20.6. The van der Waals surface area contributed by atoms with E-state index in [1.807, 2.05) is 48.5 Å². The molecule has 0 bridgehead atoms. The molecule has 30 heavy (non-hydrogen) atoms. The van der Waals surface area contributed by atoms with Crippen LogP contribution in [-0.4, -0.2) is 0 Å². The van der Waals surface area contributed by atoms with E-state index in [4.69, 9.17) is 46.4 Å². The number of hydrogen-bond acceptors (Lipinski definition) is 0. The second-order valence-corrected chi connectivity index (χ2v) is 9.26. The number of fused-ring (bicyclic) bond motifs is 6. The van der Waals surface area contributed by atoms with Crippen LogP contribution in [0.1, 0.15) is 22.3 Å². The summed E-state index contributed by atoms with van der Waals surface area (Å²) in [5.74, 6) is 0. The number of rotatable bonds is 0. The van der Waals surface area contributed by atoms with Crippen molar-refractivity contribution in [3.8, 4) is 22.3 Å². The van der Waals surface area contributed by atoms with Crippen LogP contribution in [0.4, 0.5) is 0 Å². The van der Waals surface area contributed by atoms with Crippen LogP contribution in [0.3, 0.4) is 0 Å². The normalized spacial score (nSPS) is 13.2. The van der Waals surface area contributed by atoms with Gasteiger partial charge in [-0.3, -0.25) is 0 Å². The Morgan fingerprint density at radius 2 is 0.533 bits per heavy atom.